The summed E-state index contributed by atoms with van der Waals surface area (Å²) in [5, 5.41) is 3.25. The molecule has 0 atom stereocenters. The first kappa shape index (κ1) is 15.3. The van der Waals surface area contributed by atoms with E-state index in [4.69, 9.17) is 4.42 Å². The fourth-order valence-corrected chi connectivity index (χ4v) is 2.24. The lowest BCUT2D eigenvalue weighted by atomic mass is 10.1. The zero-order valence-electron chi connectivity index (χ0n) is 10.5. The lowest BCUT2D eigenvalue weighted by molar-refractivity contribution is -0.00000404. The van der Waals surface area contributed by atoms with Gasteiger partial charge in [0.1, 0.15) is 11.5 Å². The predicted octanol–water partition coefficient (Wildman–Crippen LogP) is 1.13. The Balaban J connectivity index is 0.00000162. The van der Waals surface area contributed by atoms with Gasteiger partial charge >= 0.3 is 0 Å². The predicted molar refractivity (Wildman–Crippen MR) is 74.0 cm³/mol. The van der Waals surface area contributed by atoms with Crippen molar-refractivity contribution < 1.29 is 16.8 Å². The summed E-state index contributed by atoms with van der Waals surface area (Å²) >= 11 is 3.47. The van der Waals surface area contributed by atoms with Gasteiger partial charge < -0.3 is 22.1 Å². The van der Waals surface area contributed by atoms with Gasteiger partial charge in [0.25, 0.3) is 0 Å². The third-order valence-electron chi connectivity index (χ3n) is 2.66. The van der Waals surface area contributed by atoms with Gasteiger partial charge in [-0.05, 0) is 49.4 Å². The summed E-state index contributed by atoms with van der Waals surface area (Å²) in [7, 11) is 0. The van der Waals surface area contributed by atoms with Crippen LogP contribution in [0.25, 0.3) is 11.3 Å². The van der Waals surface area contributed by atoms with Gasteiger partial charge in [0.15, 0.2) is 0 Å². The lowest BCUT2D eigenvalue weighted by Gasteiger charge is -2.03. The minimum Gasteiger partial charge on any atom is -1.00 e. The Morgan fingerprint density at radius 1 is 1.22 bits per heavy atom. The first-order valence-corrected chi connectivity index (χ1v) is 6.56. The number of hydrogen-bond acceptors (Lipinski definition) is 2. The highest BCUT2D eigenvalue weighted by molar-refractivity contribution is 9.10. The van der Waals surface area contributed by atoms with E-state index in [0.717, 1.165) is 34.6 Å². The topological polar surface area (TPSA) is 25.2 Å². The molecule has 18 heavy (non-hydrogen) atoms. The molecule has 2 rings (SSSR count). The molecule has 0 bridgehead atoms. The maximum Gasteiger partial charge on any atom is 0.134 e. The third kappa shape index (κ3) is 3.61. The van der Waals surface area contributed by atoms with Gasteiger partial charge in [-0.1, -0.05) is 22.9 Å². The van der Waals surface area contributed by atoms with Crippen molar-refractivity contribution >= 4 is 15.9 Å². The van der Waals surface area contributed by atoms with Crippen LogP contribution < -0.4 is 17.7 Å². The van der Waals surface area contributed by atoms with E-state index in [9.17, 15) is 0 Å². The molecule has 0 saturated carbocycles. The van der Waals surface area contributed by atoms with Crippen LogP contribution in [-0.4, -0.2) is 6.54 Å². The van der Waals surface area contributed by atoms with Crippen molar-refractivity contribution in [2.75, 3.05) is 6.54 Å². The van der Waals surface area contributed by atoms with Crippen molar-refractivity contribution in [3.05, 3.63) is 46.1 Å². The number of rotatable bonds is 4. The molecule has 2 nitrogen and oxygen atoms in total. The summed E-state index contributed by atoms with van der Waals surface area (Å²) in [6.45, 7) is 5.91. The van der Waals surface area contributed by atoms with Gasteiger partial charge in [-0.3, -0.25) is 0 Å². The van der Waals surface area contributed by atoms with E-state index in [1.165, 1.54) is 5.56 Å². The number of halogens is 2. The molecule has 1 heterocycles. The maximum absolute atomic E-state index is 5.81. The second-order valence-corrected chi connectivity index (χ2v) is 4.92. The van der Waals surface area contributed by atoms with Gasteiger partial charge in [0.05, 0.1) is 6.54 Å². The van der Waals surface area contributed by atoms with E-state index in [0.29, 0.717) is 0 Å². The highest BCUT2D eigenvalue weighted by Crippen LogP contribution is 2.27. The minimum absolute atomic E-state index is 0. The normalized spacial score (nSPS) is 10.2. The van der Waals surface area contributed by atoms with Crippen molar-refractivity contribution in [2.45, 2.75) is 20.4 Å². The van der Waals surface area contributed by atoms with Gasteiger partial charge in [0.2, 0.25) is 0 Å². The first-order valence-electron chi connectivity index (χ1n) is 5.76. The quantitative estimate of drug-likeness (QED) is 0.910. The number of nitrogens with one attached hydrogen (secondary N) is 1. The maximum atomic E-state index is 5.81. The molecule has 0 spiro atoms. The van der Waals surface area contributed by atoms with Crippen LogP contribution >= 0.6 is 15.9 Å². The standard InChI is InChI=1S/C14H16BrNO.ClH/c1-3-16-9-12-5-7-14(17-12)13-6-4-11(15)8-10(13)2;/h4-8,16H,3,9H2,1-2H3;1H/p-1. The highest BCUT2D eigenvalue weighted by atomic mass is 79.9. The van der Waals surface area contributed by atoms with Crippen LogP contribution in [0, 0.1) is 6.92 Å². The molecule has 4 heteroatoms. The van der Waals surface area contributed by atoms with E-state index in [2.05, 4.69) is 47.2 Å². The summed E-state index contributed by atoms with van der Waals surface area (Å²) in [4.78, 5) is 0. The molecule has 1 N–H and O–H groups in total. The third-order valence-corrected chi connectivity index (χ3v) is 3.16. The Labute approximate surface area is 122 Å². The van der Waals surface area contributed by atoms with Gasteiger partial charge in [-0.15, -0.1) is 0 Å². The Morgan fingerprint density at radius 3 is 2.67 bits per heavy atom. The smallest absolute Gasteiger partial charge is 0.134 e. The van der Waals surface area contributed by atoms with Crippen LogP contribution in [0.5, 0.6) is 0 Å². The largest absolute Gasteiger partial charge is 1.00 e. The van der Waals surface area contributed by atoms with Gasteiger partial charge in [-0.25, -0.2) is 0 Å². The van der Waals surface area contributed by atoms with Crippen LogP contribution in [0.4, 0.5) is 0 Å². The lowest BCUT2D eigenvalue weighted by Crippen LogP contribution is -3.00. The molecule has 1 aromatic heterocycles. The molecule has 0 fully saturated rings. The molecule has 0 aliphatic rings. The van der Waals surface area contributed by atoms with Crippen LogP contribution in [0.1, 0.15) is 18.2 Å². The molecule has 0 aliphatic carbocycles. The molecule has 0 saturated heterocycles. The van der Waals surface area contributed by atoms with Gasteiger partial charge in [-0.2, -0.15) is 0 Å². The first-order chi connectivity index (χ1) is 8.20. The summed E-state index contributed by atoms with van der Waals surface area (Å²) in [5.74, 6) is 1.91. The molecule has 0 unspecified atom stereocenters. The molecule has 2 aromatic rings. The summed E-state index contributed by atoms with van der Waals surface area (Å²) in [5.41, 5.74) is 2.36. The van der Waals surface area contributed by atoms with Crippen LogP contribution in [0.15, 0.2) is 39.2 Å². The minimum atomic E-state index is 0. The van der Waals surface area contributed by atoms with Crippen molar-refractivity contribution in [3.8, 4) is 11.3 Å². The van der Waals surface area contributed by atoms with E-state index < -0.39 is 0 Å². The Bertz CT molecular complexity index is 510. The van der Waals surface area contributed by atoms with Crippen molar-refractivity contribution in [3.63, 3.8) is 0 Å². The zero-order valence-corrected chi connectivity index (χ0v) is 12.8. The molecule has 0 amide bonds. The average molecular weight is 330 g/mol. The number of benzene rings is 1. The van der Waals surface area contributed by atoms with Gasteiger partial charge in [0, 0.05) is 10.0 Å². The molecule has 98 valence electrons. The van der Waals surface area contributed by atoms with Crippen LogP contribution in [0.2, 0.25) is 0 Å². The summed E-state index contributed by atoms with van der Waals surface area (Å²) < 4.78 is 6.91. The van der Waals surface area contributed by atoms with Crippen LogP contribution in [-0.2, 0) is 6.54 Å². The average Bonchev–Trinajstić information content (AvgIpc) is 2.75. The SMILES string of the molecule is CCNCc1ccc(-c2ccc(Br)cc2C)o1.[Cl-]. The Hall–Kier alpha value is -0.770. The fraction of sp³-hybridized carbons (Fsp3) is 0.286. The van der Waals surface area contributed by atoms with Crippen molar-refractivity contribution in [1.82, 2.24) is 5.32 Å². The second kappa shape index (κ2) is 6.98. The van der Waals surface area contributed by atoms with E-state index in [-0.39, 0.29) is 12.4 Å². The molecule has 1 aromatic carbocycles. The molecular weight excluding hydrogens is 314 g/mol. The monoisotopic (exact) mass is 328 g/mol. The molecular formula is C14H16BrClNO-. The number of aryl methyl sites for hydroxylation is 1. The number of hydrogen-bond donors (Lipinski definition) is 1. The number of furan rings is 1. The van der Waals surface area contributed by atoms with Crippen molar-refractivity contribution in [2.24, 2.45) is 0 Å². The zero-order chi connectivity index (χ0) is 12.3. The summed E-state index contributed by atoms with van der Waals surface area (Å²) in [6.07, 6.45) is 0. The molecule has 0 aliphatic heterocycles. The van der Waals surface area contributed by atoms with Crippen LogP contribution in [0.3, 0.4) is 0 Å². The fourth-order valence-electron chi connectivity index (χ4n) is 1.77. The van der Waals surface area contributed by atoms with E-state index in [1.807, 2.05) is 18.2 Å². The second-order valence-electron chi connectivity index (χ2n) is 4.01. The Kier molecular flexibility index (Phi) is 5.93. The molecule has 0 radical (unpaired) electrons. The summed E-state index contributed by atoms with van der Waals surface area (Å²) in [6, 6.07) is 10.3. The Morgan fingerprint density at radius 2 is 2.00 bits per heavy atom. The van der Waals surface area contributed by atoms with Crippen molar-refractivity contribution in [1.29, 1.82) is 0 Å². The van der Waals surface area contributed by atoms with E-state index in [1.54, 1.807) is 0 Å². The van der Waals surface area contributed by atoms with E-state index >= 15 is 0 Å². The highest BCUT2D eigenvalue weighted by Gasteiger charge is 2.07.